The highest BCUT2D eigenvalue weighted by Crippen LogP contribution is 2.21. The predicted octanol–water partition coefficient (Wildman–Crippen LogP) is 1.44. The van der Waals surface area contributed by atoms with E-state index in [2.05, 4.69) is 14.9 Å². The first kappa shape index (κ1) is 13.2. The second-order valence-corrected chi connectivity index (χ2v) is 4.36. The van der Waals surface area contributed by atoms with Crippen LogP contribution in [-0.2, 0) is 9.53 Å². The number of carbonyl (C=O) groups excluding carboxylic acids is 1. The summed E-state index contributed by atoms with van der Waals surface area (Å²) in [6.07, 6.45) is 1.29. The number of esters is 1. The predicted molar refractivity (Wildman–Crippen MR) is 72.6 cm³/mol. The van der Waals surface area contributed by atoms with E-state index >= 15 is 0 Å². The zero-order valence-corrected chi connectivity index (χ0v) is 11.0. The third-order valence-corrected chi connectivity index (χ3v) is 3.04. The summed E-state index contributed by atoms with van der Waals surface area (Å²) in [5.74, 6) is 6.04. The summed E-state index contributed by atoms with van der Waals surface area (Å²) >= 11 is 1.19. The van der Waals surface area contributed by atoms with Gasteiger partial charge < -0.3 is 10.6 Å². The summed E-state index contributed by atoms with van der Waals surface area (Å²) in [5.41, 5.74) is 0.876. The van der Waals surface area contributed by atoms with E-state index in [1.807, 2.05) is 30.3 Å². The van der Waals surface area contributed by atoms with Gasteiger partial charge in [-0.3, -0.25) is 0 Å². The van der Waals surface area contributed by atoms with E-state index in [1.54, 1.807) is 5.41 Å². The van der Waals surface area contributed by atoms with Crippen molar-refractivity contribution in [2.24, 2.45) is 0 Å². The zero-order chi connectivity index (χ0) is 13.7. The number of nitrogens with zero attached hydrogens (tertiary/aromatic N) is 3. The number of nitrogens with two attached hydrogens (primary N) is 1. The van der Waals surface area contributed by atoms with Gasteiger partial charge in [0, 0.05) is 11.6 Å². The number of nitrogen functional groups attached to an aromatic ring is 1. The largest absolute Gasteiger partial charge is 0.466 e. The van der Waals surface area contributed by atoms with Crippen LogP contribution in [0.2, 0.25) is 0 Å². The van der Waals surface area contributed by atoms with Crippen LogP contribution in [0.15, 0.2) is 47.0 Å². The summed E-state index contributed by atoms with van der Waals surface area (Å²) in [6.45, 7) is 0. The van der Waals surface area contributed by atoms with Crippen molar-refractivity contribution < 1.29 is 9.53 Å². The smallest absolute Gasteiger partial charge is 0.330 e. The highest BCUT2D eigenvalue weighted by atomic mass is 32.2. The van der Waals surface area contributed by atoms with Crippen LogP contribution < -0.4 is 5.84 Å². The second kappa shape index (κ2) is 6.05. The standard InChI is InChI=1S/C12H12N4O2S/c1-18-10(17)7-8-19-12-15-14-11(16(12)13)9-5-3-2-4-6-9/h2-8H,13H2,1H3/b8-7-. The van der Waals surface area contributed by atoms with E-state index in [-0.39, 0.29) is 0 Å². The van der Waals surface area contributed by atoms with Crippen molar-refractivity contribution >= 4 is 17.7 Å². The molecule has 0 amide bonds. The van der Waals surface area contributed by atoms with Crippen molar-refractivity contribution in [1.82, 2.24) is 14.9 Å². The molecule has 2 aromatic rings. The van der Waals surface area contributed by atoms with E-state index in [9.17, 15) is 4.79 Å². The summed E-state index contributed by atoms with van der Waals surface area (Å²) in [6, 6.07) is 9.50. The molecular formula is C12H12N4O2S. The van der Waals surface area contributed by atoms with Crippen LogP contribution in [0, 0.1) is 0 Å². The van der Waals surface area contributed by atoms with Crippen LogP contribution in [0.4, 0.5) is 0 Å². The molecule has 0 spiro atoms. The number of ether oxygens (including phenoxy) is 1. The lowest BCUT2D eigenvalue weighted by atomic mass is 10.2. The van der Waals surface area contributed by atoms with Crippen molar-refractivity contribution in [3.05, 3.63) is 41.8 Å². The lowest BCUT2D eigenvalue weighted by molar-refractivity contribution is -0.134. The van der Waals surface area contributed by atoms with Gasteiger partial charge in [-0.05, 0) is 5.41 Å². The molecule has 6 nitrogen and oxygen atoms in total. The molecule has 2 N–H and O–H groups in total. The highest BCUT2D eigenvalue weighted by Gasteiger charge is 2.10. The Morgan fingerprint density at radius 1 is 1.37 bits per heavy atom. The molecule has 0 radical (unpaired) electrons. The Balaban J connectivity index is 2.15. The van der Waals surface area contributed by atoms with Gasteiger partial charge in [0.15, 0.2) is 5.82 Å². The normalized spacial score (nSPS) is 10.8. The van der Waals surface area contributed by atoms with Crippen LogP contribution in [-0.4, -0.2) is 28.0 Å². The molecule has 19 heavy (non-hydrogen) atoms. The fourth-order valence-electron chi connectivity index (χ4n) is 1.36. The molecule has 0 saturated carbocycles. The first-order chi connectivity index (χ1) is 9.22. The first-order valence-electron chi connectivity index (χ1n) is 5.39. The Bertz CT molecular complexity index is 595. The molecule has 0 saturated heterocycles. The number of thioether (sulfide) groups is 1. The maximum atomic E-state index is 10.9. The fraction of sp³-hybridized carbons (Fsp3) is 0.0833. The van der Waals surface area contributed by atoms with Gasteiger partial charge in [0.1, 0.15) is 0 Å². The van der Waals surface area contributed by atoms with Gasteiger partial charge in [-0.25, -0.2) is 9.47 Å². The number of hydrogen-bond donors (Lipinski definition) is 1. The average molecular weight is 276 g/mol. The van der Waals surface area contributed by atoms with E-state index in [0.29, 0.717) is 11.0 Å². The molecule has 2 rings (SSSR count). The number of benzene rings is 1. The number of hydrogen-bond acceptors (Lipinski definition) is 6. The van der Waals surface area contributed by atoms with E-state index < -0.39 is 5.97 Å². The van der Waals surface area contributed by atoms with E-state index in [4.69, 9.17) is 5.84 Å². The van der Waals surface area contributed by atoms with Gasteiger partial charge in [0.05, 0.1) is 7.11 Å². The molecule has 0 aliphatic carbocycles. The van der Waals surface area contributed by atoms with Crippen molar-refractivity contribution in [3.8, 4) is 11.4 Å². The van der Waals surface area contributed by atoms with Crippen LogP contribution >= 0.6 is 11.8 Å². The third kappa shape index (κ3) is 3.14. The van der Waals surface area contributed by atoms with Gasteiger partial charge in [-0.15, -0.1) is 10.2 Å². The van der Waals surface area contributed by atoms with Crippen LogP contribution in [0.25, 0.3) is 11.4 Å². The molecule has 0 bridgehead atoms. The van der Waals surface area contributed by atoms with Gasteiger partial charge in [-0.1, -0.05) is 42.1 Å². The minimum Gasteiger partial charge on any atom is -0.466 e. The highest BCUT2D eigenvalue weighted by molar-refractivity contribution is 8.02. The number of rotatable bonds is 4. The molecule has 0 aliphatic rings. The lowest BCUT2D eigenvalue weighted by Gasteiger charge is -2.01. The molecular weight excluding hydrogens is 264 g/mol. The average Bonchev–Trinajstić information content (AvgIpc) is 2.81. The van der Waals surface area contributed by atoms with Gasteiger partial charge in [0.25, 0.3) is 0 Å². The van der Waals surface area contributed by atoms with Crippen LogP contribution in [0.1, 0.15) is 0 Å². The molecule has 98 valence electrons. The van der Waals surface area contributed by atoms with E-state index in [1.165, 1.54) is 29.6 Å². The monoisotopic (exact) mass is 276 g/mol. The summed E-state index contributed by atoms with van der Waals surface area (Å²) < 4.78 is 5.86. The minimum atomic E-state index is -0.432. The first-order valence-corrected chi connectivity index (χ1v) is 6.27. The lowest BCUT2D eigenvalue weighted by Crippen LogP contribution is -2.11. The van der Waals surface area contributed by atoms with Crippen molar-refractivity contribution in [1.29, 1.82) is 0 Å². The van der Waals surface area contributed by atoms with Crippen LogP contribution in [0.5, 0.6) is 0 Å². The quantitative estimate of drug-likeness (QED) is 0.394. The molecule has 0 aliphatic heterocycles. The maximum Gasteiger partial charge on any atom is 0.330 e. The van der Waals surface area contributed by atoms with Crippen molar-refractivity contribution in [3.63, 3.8) is 0 Å². The topological polar surface area (TPSA) is 83.0 Å². The number of aromatic nitrogens is 3. The summed E-state index contributed by atoms with van der Waals surface area (Å²) in [7, 11) is 1.32. The molecule has 0 atom stereocenters. The Hall–Kier alpha value is -2.28. The summed E-state index contributed by atoms with van der Waals surface area (Å²) in [4.78, 5) is 10.9. The number of carbonyl (C=O) groups is 1. The Kier molecular flexibility index (Phi) is 4.19. The van der Waals surface area contributed by atoms with Crippen molar-refractivity contribution in [2.75, 3.05) is 13.0 Å². The number of methoxy groups -OCH3 is 1. The molecule has 1 aromatic heterocycles. The molecule has 1 aromatic carbocycles. The van der Waals surface area contributed by atoms with Crippen LogP contribution in [0.3, 0.4) is 0 Å². The molecule has 7 heteroatoms. The fourth-order valence-corrected chi connectivity index (χ4v) is 1.95. The zero-order valence-electron chi connectivity index (χ0n) is 10.2. The SMILES string of the molecule is COC(=O)/C=C\Sc1nnc(-c2ccccc2)n1N. The van der Waals surface area contributed by atoms with Gasteiger partial charge >= 0.3 is 5.97 Å². The Labute approximate surface area is 114 Å². The second-order valence-electron chi connectivity index (χ2n) is 3.49. The molecule has 0 fully saturated rings. The Morgan fingerprint density at radius 3 is 2.79 bits per heavy atom. The van der Waals surface area contributed by atoms with E-state index in [0.717, 1.165) is 5.56 Å². The van der Waals surface area contributed by atoms with Gasteiger partial charge in [-0.2, -0.15) is 0 Å². The Morgan fingerprint density at radius 2 is 2.11 bits per heavy atom. The summed E-state index contributed by atoms with van der Waals surface area (Å²) in [5, 5.41) is 10.0. The van der Waals surface area contributed by atoms with Crippen molar-refractivity contribution in [2.45, 2.75) is 5.16 Å². The third-order valence-electron chi connectivity index (χ3n) is 2.28. The maximum absolute atomic E-state index is 10.9. The minimum absolute atomic E-state index is 0.432. The molecule has 1 heterocycles. The molecule has 0 unspecified atom stereocenters. The van der Waals surface area contributed by atoms with Gasteiger partial charge in [0.2, 0.25) is 5.16 Å².